The van der Waals surface area contributed by atoms with Crippen molar-refractivity contribution in [1.82, 2.24) is 10.0 Å². The zero-order chi connectivity index (χ0) is 12.9. The fourth-order valence-corrected chi connectivity index (χ4v) is 4.23. The molecule has 1 rings (SSSR count). The van der Waals surface area contributed by atoms with E-state index in [1.807, 2.05) is 6.92 Å². The monoisotopic (exact) mass is 298 g/mol. The lowest BCUT2D eigenvalue weighted by molar-refractivity contribution is 0.360. The van der Waals surface area contributed by atoms with Gasteiger partial charge in [0.2, 0.25) is 10.0 Å². The van der Waals surface area contributed by atoms with Crippen LogP contribution in [0.2, 0.25) is 0 Å². The minimum atomic E-state index is -3.10. The van der Waals surface area contributed by atoms with Crippen LogP contribution in [-0.2, 0) is 10.0 Å². The number of rotatable bonds is 6. The second-order valence-corrected chi connectivity index (χ2v) is 7.17. The third-order valence-corrected chi connectivity index (χ3v) is 4.96. The van der Waals surface area contributed by atoms with Crippen LogP contribution in [0.3, 0.4) is 0 Å². The Labute approximate surface area is 118 Å². The van der Waals surface area contributed by atoms with E-state index >= 15 is 0 Å². The Kier molecular flexibility index (Phi) is 8.43. The number of hydrogen-bond acceptors (Lipinski definition) is 3. The summed E-state index contributed by atoms with van der Waals surface area (Å²) in [5.41, 5.74) is 0. The Morgan fingerprint density at radius 2 is 2.11 bits per heavy atom. The highest BCUT2D eigenvalue weighted by Crippen LogP contribution is 2.12. The maximum Gasteiger partial charge on any atom is 0.212 e. The van der Waals surface area contributed by atoms with Gasteiger partial charge >= 0.3 is 0 Å². The first-order valence-electron chi connectivity index (χ1n) is 6.66. The van der Waals surface area contributed by atoms with Gasteiger partial charge in [0.15, 0.2) is 0 Å². The van der Waals surface area contributed by atoms with Gasteiger partial charge in [-0.25, -0.2) is 13.1 Å². The van der Waals surface area contributed by atoms with Gasteiger partial charge < -0.3 is 5.32 Å². The van der Waals surface area contributed by atoms with E-state index in [0.29, 0.717) is 6.04 Å². The van der Waals surface area contributed by atoms with E-state index in [0.717, 1.165) is 32.2 Å². The molecule has 0 saturated carbocycles. The minimum absolute atomic E-state index is 0. The van der Waals surface area contributed by atoms with Crippen molar-refractivity contribution in [3.05, 3.63) is 0 Å². The molecule has 0 amide bonds. The molecule has 6 heteroatoms. The molecule has 1 aliphatic rings. The lowest BCUT2D eigenvalue weighted by Crippen LogP contribution is -2.47. The summed E-state index contributed by atoms with van der Waals surface area (Å²) in [6, 6.07) is 0.523. The molecule has 110 valence electrons. The molecule has 0 bridgehead atoms. The van der Waals surface area contributed by atoms with Gasteiger partial charge in [-0.1, -0.05) is 20.3 Å². The predicted octanol–water partition coefficient (Wildman–Crippen LogP) is 1.90. The molecule has 0 aromatic heterocycles. The average Bonchev–Trinajstić information content (AvgIpc) is 2.15. The molecule has 2 N–H and O–H groups in total. The molecule has 4 nitrogen and oxygen atoms in total. The van der Waals surface area contributed by atoms with E-state index in [1.165, 1.54) is 0 Å². The number of hydrogen-bond donors (Lipinski definition) is 2. The van der Waals surface area contributed by atoms with Crippen molar-refractivity contribution in [2.75, 3.05) is 12.3 Å². The standard InChI is InChI=1S/C12H26N2O2S.ClH/c1-4-5-10(2)9-17(15,16)14-12-6-7-13-11(3)8-12;/h10-14H,4-9H2,1-3H3;1H. The molecular weight excluding hydrogens is 272 g/mol. The average molecular weight is 299 g/mol. The highest BCUT2D eigenvalue weighted by atomic mass is 35.5. The van der Waals surface area contributed by atoms with Gasteiger partial charge in [0.1, 0.15) is 0 Å². The van der Waals surface area contributed by atoms with Crippen molar-refractivity contribution in [2.45, 2.75) is 58.5 Å². The SMILES string of the molecule is CCCC(C)CS(=O)(=O)NC1CCNC(C)C1.Cl. The van der Waals surface area contributed by atoms with E-state index in [1.54, 1.807) is 0 Å². The quantitative estimate of drug-likeness (QED) is 0.787. The Morgan fingerprint density at radius 1 is 1.44 bits per heavy atom. The number of halogens is 1. The van der Waals surface area contributed by atoms with Gasteiger partial charge in [-0.05, 0) is 38.6 Å². The zero-order valence-electron chi connectivity index (χ0n) is 11.6. The van der Waals surface area contributed by atoms with Crippen LogP contribution in [0, 0.1) is 5.92 Å². The summed E-state index contributed by atoms with van der Waals surface area (Å²) in [4.78, 5) is 0. The first-order chi connectivity index (χ1) is 7.93. The van der Waals surface area contributed by atoms with Crippen LogP contribution in [-0.4, -0.2) is 32.8 Å². The lowest BCUT2D eigenvalue weighted by atomic mass is 10.0. The second-order valence-electron chi connectivity index (χ2n) is 5.37. The zero-order valence-corrected chi connectivity index (χ0v) is 13.2. The Balaban J connectivity index is 0.00000289. The number of piperidine rings is 1. The van der Waals surface area contributed by atoms with Crippen LogP contribution in [0.4, 0.5) is 0 Å². The van der Waals surface area contributed by atoms with Crippen LogP contribution < -0.4 is 10.0 Å². The van der Waals surface area contributed by atoms with E-state index in [9.17, 15) is 8.42 Å². The molecule has 1 saturated heterocycles. The van der Waals surface area contributed by atoms with E-state index in [2.05, 4.69) is 23.9 Å². The molecule has 3 atom stereocenters. The Hall–Kier alpha value is 0.160. The van der Waals surface area contributed by atoms with Gasteiger partial charge in [0.25, 0.3) is 0 Å². The molecule has 0 aliphatic carbocycles. The topological polar surface area (TPSA) is 58.2 Å². The molecule has 0 spiro atoms. The summed E-state index contributed by atoms with van der Waals surface area (Å²) < 4.78 is 26.8. The van der Waals surface area contributed by atoms with Crippen molar-refractivity contribution >= 4 is 22.4 Å². The summed E-state index contributed by atoms with van der Waals surface area (Å²) >= 11 is 0. The van der Waals surface area contributed by atoms with Crippen molar-refractivity contribution in [1.29, 1.82) is 0 Å². The first kappa shape index (κ1) is 18.2. The highest BCUT2D eigenvalue weighted by Gasteiger charge is 2.24. The van der Waals surface area contributed by atoms with Crippen LogP contribution in [0.25, 0.3) is 0 Å². The molecule has 0 aromatic carbocycles. The van der Waals surface area contributed by atoms with Crippen molar-refractivity contribution in [3.8, 4) is 0 Å². The number of sulfonamides is 1. The fourth-order valence-electron chi connectivity index (χ4n) is 2.49. The summed E-state index contributed by atoms with van der Waals surface area (Å²) in [5.74, 6) is 0.510. The molecule has 1 heterocycles. The third kappa shape index (κ3) is 6.92. The molecule has 18 heavy (non-hydrogen) atoms. The predicted molar refractivity (Wildman–Crippen MR) is 78.7 cm³/mol. The van der Waals surface area contributed by atoms with Crippen LogP contribution in [0.1, 0.15) is 46.5 Å². The van der Waals surface area contributed by atoms with E-state index in [4.69, 9.17) is 0 Å². The second kappa shape index (κ2) is 8.35. The van der Waals surface area contributed by atoms with Gasteiger partial charge in [-0.3, -0.25) is 0 Å². The Morgan fingerprint density at radius 3 is 2.67 bits per heavy atom. The van der Waals surface area contributed by atoms with Gasteiger partial charge in [-0.15, -0.1) is 12.4 Å². The van der Waals surface area contributed by atoms with Crippen LogP contribution >= 0.6 is 12.4 Å². The summed E-state index contributed by atoms with van der Waals surface area (Å²) in [7, 11) is -3.10. The third-order valence-electron chi connectivity index (χ3n) is 3.26. The molecule has 1 aliphatic heterocycles. The van der Waals surface area contributed by atoms with Gasteiger partial charge in [-0.2, -0.15) is 0 Å². The molecule has 1 fully saturated rings. The lowest BCUT2D eigenvalue weighted by Gasteiger charge is -2.28. The van der Waals surface area contributed by atoms with Crippen molar-refractivity contribution in [2.24, 2.45) is 5.92 Å². The normalized spacial score (nSPS) is 26.4. The largest absolute Gasteiger partial charge is 0.314 e. The number of nitrogens with one attached hydrogen (secondary N) is 2. The summed E-state index contributed by atoms with van der Waals surface area (Å²) in [5, 5.41) is 3.32. The summed E-state index contributed by atoms with van der Waals surface area (Å²) in [6.45, 7) is 7.10. The fraction of sp³-hybridized carbons (Fsp3) is 1.00. The van der Waals surface area contributed by atoms with Crippen molar-refractivity contribution < 1.29 is 8.42 Å². The van der Waals surface area contributed by atoms with Gasteiger partial charge in [0, 0.05) is 12.1 Å². The maximum absolute atomic E-state index is 12.0. The highest BCUT2D eigenvalue weighted by molar-refractivity contribution is 7.89. The van der Waals surface area contributed by atoms with E-state index in [-0.39, 0.29) is 30.1 Å². The minimum Gasteiger partial charge on any atom is -0.314 e. The smallest absolute Gasteiger partial charge is 0.212 e. The van der Waals surface area contributed by atoms with E-state index < -0.39 is 10.0 Å². The Bertz CT molecular complexity index is 322. The van der Waals surface area contributed by atoms with Crippen LogP contribution in [0.15, 0.2) is 0 Å². The first-order valence-corrected chi connectivity index (χ1v) is 8.31. The summed E-state index contributed by atoms with van der Waals surface area (Å²) in [6.07, 6.45) is 3.80. The maximum atomic E-state index is 12.0. The van der Waals surface area contributed by atoms with Crippen molar-refractivity contribution in [3.63, 3.8) is 0 Å². The van der Waals surface area contributed by atoms with Crippen LogP contribution in [0.5, 0.6) is 0 Å². The molecular formula is C12H27ClN2O2S. The molecule has 0 aromatic rings. The molecule has 3 unspecified atom stereocenters. The molecule has 0 radical (unpaired) electrons. The van der Waals surface area contributed by atoms with Gasteiger partial charge in [0.05, 0.1) is 5.75 Å².